The molecular formula is C13H14ClNO3S. The minimum atomic E-state index is -0.514. The number of carbonyl (C=O) groups excluding carboxylic acids is 2. The van der Waals surface area contributed by atoms with E-state index in [-0.39, 0.29) is 15.8 Å². The van der Waals surface area contributed by atoms with Crippen molar-refractivity contribution < 1.29 is 14.3 Å². The van der Waals surface area contributed by atoms with Gasteiger partial charge in [-0.1, -0.05) is 35.5 Å². The summed E-state index contributed by atoms with van der Waals surface area (Å²) in [6, 6.07) is 1.62. The number of aromatic nitrogens is 1. The minimum absolute atomic E-state index is 0.106. The van der Waals surface area contributed by atoms with E-state index in [1.807, 2.05) is 12.2 Å². The van der Waals surface area contributed by atoms with Gasteiger partial charge in [-0.2, -0.15) is 0 Å². The van der Waals surface area contributed by atoms with Crippen LogP contribution in [-0.2, 0) is 9.53 Å². The van der Waals surface area contributed by atoms with E-state index in [0.717, 1.165) is 17.7 Å². The van der Waals surface area contributed by atoms with Gasteiger partial charge in [0.05, 0.1) is 12.7 Å². The summed E-state index contributed by atoms with van der Waals surface area (Å²) in [7, 11) is 1.29. The highest BCUT2D eigenvalue weighted by Gasteiger charge is 2.11. The van der Waals surface area contributed by atoms with Crippen molar-refractivity contribution in [2.75, 3.05) is 12.9 Å². The smallest absolute Gasteiger partial charge is 0.341 e. The molecule has 0 aromatic carbocycles. The molecule has 0 atom stereocenters. The van der Waals surface area contributed by atoms with Crippen LogP contribution in [0.5, 0.6) is 0 Å². The molecule has 0 aliphatic carbocycles. The topological polar surface area (TPSA) is 56.3 Å². The largest absolute Gasteiger partial charge is 0.465 e. The van der Waals surface area contributed by atoms with Crippen LogP contribution in [0, 0.1) is 0 Å². The van der Waals surface area contributed by atoms with Crippen LogP contribution in [0.15, 0.2) is 18.3 Å². The predicted molar refractivity (Wildman–Crippen MR) is 77.4 cm³/mol. The summed E-state index contributed by atoms with van der Waals surface area (Å²) in [4.78, 5) is 26.1. The second-order valence-corrected chi connectivity index (χ2v) is 5.26. The van der Waals surface area contributed by atoms with Crippen molar-refractivity contribution in [2.45, 2.75) is 13.3 Å². The maximum absolute atomic E-state index is 11.4. The van der Waals surface area contributed by atoms with Gasteiger partial charge in [0.2, 0.25) is 0 Å². The van der Waals surface area contributed by atoms with Gasteiger partial charge in [0, 0.05) is 18.9 Å². The highest BCUT2D eigenvalue weighted by Crippen LogP contribution is 2.16. The van der Waals surface area contributed by atoms with Gasteiger partial charge in [0.1, 0.15) is 5.15 Å². The molecule has 1 heterocycles. The van der Waals surface area contributed by atoms with Gasteiger partial charge >= 0.3 is 5.97 Å². The molecule has 0 aliphatic heterocycles. The fourth-order valence-corrected chi connectivity index (χ4v) is 2.02. The van der Waals surface area contributed by atoms with E-state index >= 15 is 0 Å². The summed E-state index contributed by atoms with van der Waals surface area (Å²) in [5.74, 6) is 0.219. The van der Waals surface area contributed by atoms with Crippen LogP contribution in [0.25, 0.3) is 6.08 Å². The number of halogens is 1. The lowest BCUT2D eigenvalue weighted by Gasteiger charge is -2.02. The van der Waals surface area contributed by atoms with E-state index in [1.54, 1.807) is 19.2 Å². The maximum atomic E-state index is 11.4. The van der Waals surface area contributed by atoms with E-state index in [1.165, 1.54) is 18.9 Å². The molecule has 6 heteroatoms. The Kier molecular flexibility index (Phi) is 6.59. The zero-order chi connectivity index (χ0) is 14.3. The number of ether oxygens (including phenoxy) is 1. The standard InChI is InChI=1S/C13H14ClNO3S/c1-9(16)19-6-4-3-5-10-7-11(13(17)18-2)12(14)15-8-10/h3,5,7-8H,4,6H2,1-2H3. The first-order chi connectivity index (χ1) is 9.04. The fraction of sp³-hybridized carbons (Fsp3) is 0.308. The Labute approximate surface area is 121 Å². The SMILES string of the molecule is COC(=O)c1cc(C=CCCSC(C)=O)cnc1Cl. The molecule has 1 rings (SSSR count). The molecule has 0 fully saturated rings. The van der Waals surface area contributed by atoms with Crippen molar-refractivity contribution in [3.05, 3.63) is 34.6 Å². The van der Waals surface area contributed by atoms with Crippen LogP contribution in [0.4, 0.5) is 0 Å². The van der Waals surface area contributed by atoms with Gasteiger partial charge in [0.25, 0.3) is 0 Å². The van der Waals surface area contributed by atoms with E-state index in [4.69, 9.17) is 11.6 Å². The molecule has 0 aliphatic rings. The minimum Gasteiger partial charge on any atom is -0.465 e. The Bertz CT molecular complexity index is 503. The van der Waals surface area contributed by atoms with Crippen LogP contribution >= 0.6 is 23.4 Å². The van der Waals surface area contributed by atoms with Crippen LogP contribution in [0.2, 0.25) is 5.15 Å². The summed E-state index contributed by atoms with van der Waals surface area (Å²) < 4.78 is 4.61. The highest BCUT2D eigenvalue weighted by molar-refractivity contribution is 8.13. The Balaban J connectivity index is 2.66. The monoisotopic (exact) mass is 299 g/mol. The van der Waals surface area contributed by atoms with Crippen LogP contribution in [0.1, 0.15) is 29.3 Å². The number of carbonyl (C=O) groups is 2. The van der Waals surface area contributed by atoms with Crippen molar-refractivity contribution in [3.63, 3.8) is 0 Å². The van der Waals surface area contributed by atoms with Crippen LogP contribution < -0.4 is 0 Å². The number of methoxy groups -OCH3 is 1. The molecule has 0 unspecified atom stereocenters. The third-order valence-electron chi connectivity index (χ3n) is 2.17. The number of esters is 1. The second-order valence-electron chi connectivity index (χ2n) is 3.63. The van der Waals surface area contributed by atoms with Crippen molar-refractivity contribution in [1.29, 1.82) is 0 Å². The fourth-order valence-electron chi connectivity index (χ4n) is 1.30. The number of pyridine rings is 1. The Morgan fingerprint density at radius 2 is 2.26 bits per heavy atom. The molecule has 0 N–H and O–H groups in total. The van der Waals surface area contributed by atoms with Crippen molar-refractivity contribution in [3.8, 4) is 0 Å². The first kappa shape index (κ1) is 15.7. The van der Waals surface area contributed by atoms with E-state index < -0.39 is 5.97 Å². The quantitative estimate of drug-likeness (QED) is 0.475. The third kappa shape index (κ3) is 5.44. The number of allylic oxidation sites excluding steroid dienone is 1. The third-order valence-corrected chi connectivity index (χ3v) is 3.31. The number of rotatable bonds is 5. The van der Waals surface area contributed by atoms with E-state index in [2.05, 4.69) is 9.72 Å². The molecule has 4 nitrogen and oxygen atoms in total. The van der Waals surface area contributed by atoms with Crippen LogP contribution in [0.3, 0.4) is 0 Å². The lowest BCUT2D eigenvalue weighted by molar-refractivity contribution is -0.109. The predicted octanol–water partition coefficient (Wildman–Crippen LogP) is 3.20. The van der Waals surface area contributed by atoms with Gasteiger partial charge in [-0.05, 0) is 18.1 Å². The zero-order valence-electron chi connectivity index (χ0n) is 10.7. The molecule has 0 spiro atoms. The molecule has 1 aromatic heterocycles. The molecule has 0 amide bonds. The molecule has 0 saturated carbocycles. The van der Waals surface area contributed by atoms with E-state index in [9.17, 15) is 9.59 Å². The number of thioether (sulfide) groups is 1. The number of hydrogen-bond acceptors (Lipinski definition) is 5. The molecule has 0 saturated heterocycles. The molecule has 1 aromatic rings. The van der Waals surface area contributed by atoms with Crippen LogP contribution in [-0.4, -0.2) is 28.9 Å². The zero-order valence-corrected chi connectivity index (χ0v) is 12.3. The molecule has 0 bridgehead atoms. The average Bonchev–Trinajstić information content (AvgIpc) is 2.39. The van der Waals surface area contributed by atoms with Gasteiger partial charge < -0.3 is 4.74 Å². The second kappa shape index (κ2) is 7.96. The molecular weight excluding hydrogens is 286 g/mol. The Hall–Kier alpha value is -1.33. The first-order valence-corrected chi connectivity index (χ1v) is 6.94. The first-order valence-electron chi connectivity index (χ1n) is 5.58. The molecule has 19 heavy (non-hydrogen) atoms. The maximum Gasteiger partial charge on any atom is 0.341 e. The van der Waals surface area contributed by atoms with E-state index in [0.29, 0.717) is 0 Å². The lowest BCUT2D eigenvalue weighted by Crippen LogP contribution is -2.03. The van der Waals surface area contributed by atoms with Gasteiger partial charge in [-0.25, -0.2) is 9.78 Å². The summed E-state index contributed by atoms with van der Waals surface area (Å²) in [5, 5.41) is 0.227. The van der Waals surface area contributed by atoms with Gasteiger partial charge in [0.15, 0.2) is 5.12 Å². The Morgan fingerprint density at radius 3 is 2.89 bits per heavy atom. The van der Waals surface area contributed by atoms with Crippen molar-refractivity contribution in [2.24, 2.45) is 0 Å². The summed E-state index contributed by atoms with van der Waals surface area (Å²) in [5.41, 5.74) is 1.00. The Morgan fingerprint density at radius 1 is 1.53 bits per heavy atom. The number of hydrogen-bond donors (Lipinski definition) is 0. The molecule has 0 radical (unpaired) electrons. The average molecular weight is 300 g/mol. The van der Waals surface area contributed by atoms with Crippen molar-refractivity contribution in [1.82, 2.24) is 4.98 Å². The van der Waals surface area contributed by atoms with Gasteiger partial charge in [-0.3, -0.25) is 4.79 Å². The highest BCUT2D eigenvalue weighted by atomic mass is 35.5. The normalized spacial score (nSPS) is 10.7. The van der Waals surface area contributed by atoms with Gasteiger partial charge in [-0.15, -0.1) is 0 Å². The lowest BCUT2D eigenvalue weighted by atomic mass is 10.2. The molecule has 102 valence electrons. The van der Waals surface area contributed by atoms with Crippen molar-refractivity contribution >= 4 is 40.5 Å². The summed E-state index contributed by atoms with van der Waals surface area (Å²) >= 11 is 7.09. The summed E-state index contributed by atoms with van der Waals surface area (Å²) in [6.45, 7) is 1.54. The number of nitrogens with zero attached hydrogens (tertiary/aromatic N) is 1. The summed E-state index contributed by atoms with van der Waals surface area (Å²) in [6.07, 6.45) is 6.09.